The molecule has 0 bridgehead atoms. The van der Waals surface area contributed by atoms with Crippen LogP contribution in [-0.2, 0) is 10.0 Å². The van der Waals surface area contributed by atoms with Gasteiger partial charge in [-0.1, -0.05) is 29.8 Å². The van der Waals surface area contributed by atoms with E-state index < -0.39 is 10.0 Å². The zero-order valence-electron chi connectivity index (χ0n) is 9.67. The summed E-state index contributed by atoms with van der Waals surface area (Å²) in [5, 5.41) is 7.51. The molecule has 0 saturated carbocycles. The summed E-state index contributed by atoms with van der Waals surface area (Å²) in [6.07, 6.45) is 2.33. The predicted molar refractivity (Wildman–Crippen MR) is 74.4 cm³/mol. The van der Waals surface area contributed by atoms with Crippen LogP contribution in [-0.4, -0.2) is 19.6 Å². The van der Waals surface area contributed by atoms with E-state index in [0.29, 0.717) is 0 Å². The molecular formula is C12H10ClN3O2S. The highest BCUT2D eigenvalue weighted by Crippen LogP contribution is 2.22. The molecule has 2 aromatic rings. The minimum atomic E-state index is -3.74. The lowest BCUT2D eigenvalue weighted by Crippen LogP contribution is -2.15. The number of hydrogen-bond acceptors (Lipinski definition) is 4. The van der Waals surface area contributed by atoms with Gasteiger partial charge in [0.15, 0.2) is 0 Å². The lowest BCUT2D eigenvalue weighted by molar-refractivity contribution is 0.601. The van der Waals surface area contributed by atoms with Crippen molar-refractivity contribution >= 4 is 33.7 Å². The third-order valence-corrected chi connectivity index (χ3v) is 4.05. The van der Waals surface area contributed by atoms with Crippen molar-refractivity contribution < 1.29 is 8.42 Å². The second kappa shape index (κ2) is 5.38. The van der Waals surface area contributed by atoms with Gasteiger partial charge >= 0.3 is 0 Å². The summed E-state index contributed by atoms with van der Waals surface area (Å²) in [5.74, 6) is 0.0337. The van der Waals surface area contributed by atoms with Crippen molar-refractivity contribution in [2.24, 2.45) is 0 Å². The average molecular weight is 296 g/mol. The molecular weight excluding hydrogens is 286 g/mol. The van der Waals surface area contributed by atoms with E-state index in [1.807, 2.05) is 0 Å². The maximum absolute atomic E-state index is 12.1. The van der Waals surface area contributed by atoms with Crippen LogP contribution < -0.4 is 4.72 Å². The molecule has 0 atom stereocenters. The summed E-state index contributed by atoms with van der Waals surface area (Å²) in [5.41, 5.74) is 0.226. The largest absolute Gasteiger partial charge is 0.308 e. The van der Waals surface area contributed by atoms with Crippen molar-refractivity contribution in [3.8, 4) is 0 Å². The summed E-state index contributed by atoms with van der Waals surface area (Å²) in [7, 11) is -3.74. The molecule has 1 aromatic heterocycles. The Morgan fingerprint density at radius 3 is 2.53 bits per heavy atom. The van der Waals surface area contributed by atoms with Gasteiger partial charge in [-0.2, -0.15) is 0 Å². The summed E-state index contributed by atoms with van der Waals surface area (Å²) < 4.78 is 26.5. The molecule has 0 radical (unpaired) electrons. The van der Waals surface area contributed by atoms with Gasteiger partial charge in [0.1, 0.15) is 5.82 Å². The number of pyridine rings is 1. The van der Waals surface area contributed by atoms with Crippen LogP contribution >= 0.6 is 11.6 Å². The minimum Gasteiger partial charge on any atom is -0.308 e. The first-order chi connectivity index (χ1) is 9.04. The molecule has 2 rings (SSSR count). The number of sulfonamides is 1. The lowest BCUT2D eigenvalue weighted by Gasteiger charge is -2.10. The van der Waals surface area contributed by atoms with E-state index in [1.54, 1.807) is 18.2 Å². The van der Waals surface area contributed by atoms with Crippen LogP contribution in [0.5, 0.6) is 0 Å². The third kappa shape index (κ3) is 2.91. The number of halogens is 1. The maximum atomic E-state index is 12.1. The van der Waals surface area contributed by atoms with E-state index in [1.165, 1.54) is 24.4 Å². The number of rotatable bonds is 4. The molecule has 0 aliphatic carbocycles. The highest BCUT2D eigenvalue weighted by molar-refractivity contribution is 7.92. The van der Waals surface area contributed by atoms with Crippen LogP contribution in [0, 0.1) is 5.41 Å². The molecule has 0 aliphatic heterocycles. The maximum Gasteiger partial charge on any atom is 0.263 e. The molecule has 7 heteroatoms. The van der Waals surface area contributed by atoms with Gasteiger partial charge in [0.25, 0.3) is 10.0 Å². The molecule has 0 unspecified atom stereocenters. The zero-order chi connectivity index (χ0) is 13.9. The van der Waals surface area contributed by atoms with Gasteiger partial charge in [0, 0.05) is 12.4 Å². The van der Waals surface area contributed by atoms with Crippen LogP contribution in [0.1, 0.15) is 5.56 Å². The van der Waals surface area contributed by atoms with Gasteiger partial charge < -0.3 is 5.41 Å². The summed E-state index contributed by atoms with van der Waals surface area (Å²) in [4.78, 5) is 4.01. The Morgan fingerprint density at radius 2 is 1.89 bits per heavy atom. The van der Waals surface area contributed by atoms with E-state index in [-0.39, 0.29) is 21.3 Å². The fourth-order valence-corrected chi connectivity index (χ4v) is 2.71. The van der Waals surface area contributed by atoms with Crippen molar-refractivity contribution in [2.45, 2.75) is 4.90 Å². The number of anilines is 1. The van der Waals surface area contributed by atoms with E-state index >= 15 is 0 Å². The van der Waals surface area contributed by atoms with E-state index in [4.69, 9.17) is 17.0 Å². The molecule has 98 valence electrons. The Kier molecular flexibility index (Phi) is 3.82. The second-order valence-electron chi connectivity index (χ2n) is 3.62. The molecule has 0 aliphatic rings. The quantitative estimate of drug-likeness (QED) is 0.850. The van der Waals surface area contributed by atoms with Gasteiger partial charge in [0.2, 0.25) is 0 Å². The fraction of sp³-hybridized carbons (Fsp3) is 0. The highest BCUT2D eigenvalue weighted by atomic mass is 35.5. The molecule has 1 aromatic carbocycles. The van der Waals surface area contributed by atoms with Gasteiger partial charge in [-0.15, -0.1) is 0 Å². The SMILES string of the molecule is N=Cc1c(Cl)ccnc1NS(=O)(=O)c1ccccc1. The van der Waals surface area contributed by atoms with E-state index in [9.17, 15) is 8.42 Å². The van der Waals surface area contributed by atoms with Crippen LogP contribution in [0.25, 0.3) is 0 Å². The van der Waals surface area contributed by atoms with Crippen molar-refractivity contribution in [3.05, 3.63) is 53.2 Å². The van der Waals surface area contributed by atoms with Gasteiger partial charge in [-0.05, 0) is 18.2 Å². The van der Waals surface area contributed by atoms with Crippen molar-refractivity contribution in [3.63, 3.8) is 0 Å². The van der Waals surface area contributed by atoms with E-state index in [2.05, 4.69) is 9.71 Å². The first kappa shape index (κ1) is 13.5. The number of nitrogens with one attached hydrogen (secondary N) is 2. The normalized spacial score (nSPS) is 11.0. The number of aromatic nitrogens is 1. The first-order valence-electron chi connectivity index (χ1n) is 5.27. The Hall–Kier alpha value is -1.92. The standard InChI is InChI=1S/C12H10ClN3O2S/c13-11-6-7-15-12(10(11)8-14)16-19(17,18)9-4-2-1-3-5-9/h1-8,14H,(H,15,16). The molecule has 0 saturated heterocycles. The Labute approximate surface area is 115 Å². The minimum absolute atomic E-state index is 0.0337. The molecule has 1 heterocycles. The van der Waals surface area contributed by atoms with Gasteiger partial charge in [0.05, 0.1) is 15.5 Å². The molecule has 0 spiro atoms. The first-order valence-corrected chi connectivity index (χ1v) is 7.13. The molecule has 0 amide bonds. The predicted octanol–water partition coefficient (Wildman–Crippen LogP) is 2.53. The van der Waals surface area contributed by atoms with E-state index in [0.717, 1.165) is 6.21 Å². The van der Waals surface area contributed by atoms with Crippen molar-refractivity contribution in [2.75, 3.05) is 4.72 Å². The fourth-order valence-electron chi connectivity index (χ4n) is 1.45. The van der Waals surface area contributed by atoms with Gasteiger partial charge in [-0.3, -0.25) is 4.72 Å². The lowest BCUT2D eigenvalue weighted by atomic mass is 10.3. The summed E-state index contributed by atoms with van der Waals surface area (Å²) in [6, 6.07) is 9.39. The highest BCUT2D eigenvalue weighted by Gasteiger charge is 2.16. The molecule has 5 nitrogen and oxygen atoms in total. The molecule has 2 N–H and O–H groups in total. The Morgan fingerprint density at radius 1 is 1.21 bits per heavy atom. The van der Waals surface area contributed by atoms with Crippen LogP contribution in [0.2, 0.25) is 5.02 Å². The average Bonchev–Trinajstić information content (AvgIpc) is 2.40. The number of hydrogen-bond donors (Lipinski definition) is 2. The topological polar surface area (TPSA) is 82.9 Å². The summed E-state index contributed by atoms with van der Waals surface area (Å²) in [6.45, 7) is 0. The van der Waals surface area contributed by atoms with Crippen LogP contribution in [0.15, 0.2) is 47.5 Å². The zero-order valence-corrected chi connectivity index (χ0v) is 11.2. The Balaban J connectivity index is 2.42. The van der Waals surface area contributed by atoms with Crippen LogP contribution in [0.4, 0.5) is 5.82 Å². The van der Waals surface area contributed by atoms with Crippen molar-refractivity contribution in [1.82, 2.24) is 4.98 Å². The third-order valence-electron chi connectivity index (χ3n) is 2.37. The monoisotopic (exact) mass is 295 g/mol. The molecule has 0 fully saturated rings. The molecule has 19 heavy (non-hydrogen) atoms. The van der Waals surface area contributed by atoms with Gasteiger partial charge in [-0.25, -0.2) is 13.4 Å². The second-order valence-corrected chi connectivity index (χ2v) is 5.71. The Bertz CT molecular complexity index is 702. The summed E-state index contributed by atoms with van der Waals surface area (Å²) >= 11 is 5.88. The number of benzene rings is 1. The van der Waals surface area contributed by atoms with Crippen LogP contribution in [0.3, 0.4) is 0 Å². The number of nitrogens with zero attached hydrogens (tertiary/aromatic N) is 1. The van der Waals surface area contributed by atoms with Crippen molar-refractivity contribution in [1.29, 1.82) is 5.41 Å². The smallest absolute Gasteiger partial charge is 0.263 e.